The molecule has 0 unspecified atom stereocenters. The summed E-state index contributed by atoms with van der Waals surface area (Å²) in [5.41, 5.74) is 0.782. The van der Waals surface area contributed by atoms with Gasteiger partial charge in [-0.25, -0.2) is 4.79 Å². The van der Waals surface area contributed by atoms with Gasteiger partial charge in [-0.2, -0.15) is 5.26 Å². The van der Waals surface area contributed by atoms with Crippen LogP contribution < -0.4 is 0 Å². The number of hydrogen-bond acceptors (Lipinski definition) is 5. The number of rotatable bonds is 4. The second kappa shape index (κ2) is 8.43. The lowest BCUT2D eigenvalue weighted by Gasteiger charge is -2.40. The van der Waals surface area contributed by atoms with Gasteiger partial charge in [-0.1, -0.05) is 24.3 Å². The minimum Gasteiger partial charge on any atom is -0.469 e. The number of likely N-dealkylation sites (tertiary alicyclic amines) is 1. The van der Waals surface area contributed by atoms with E-state index >= 15 is 0 Å². The molecule has 1 aromatic carbocycles. The summed E-state index contributed by atoms with van der Waals surface area (Å²) in [5.74, 6) is -0.243. The molecule has 27 heavy (non-hydrogen) atoms. The number of amides is 1. The zero-order valence-electron chi connectivity index (χ0n) is 16.6. The molecular weight excluding hydrogens is 344 g/mol. The lowest BCUT2D eigenvalue weighted by Crippen LogP contribution is -2.49. The summed E-state index contributed by atoms with van der Waals surface area (Å²) in [6.45, 7) is 6.42. The molecule has 6 nitrogen and oxygen atoms in total. The van der Waals surface area contributed by atoms with Crippen molar-refractivity contribution in [1.82, 2.24) is 4.90 Å². The normalized spacial score (nSPS) is 16.3. The van der Waals surface area contributed by atoms with Crippen molar-refractivity contribution < 1.29 is 19.1 Å². The van der Waals surface area contributed by atoms with Crippen LogP contribution in [0, 0.1) is 16.7 Å². The largest absolute Gasteiger partial charge is 0.469 e. The summed E-state index contributed by atoms with van der Waals surface area (Å²) >= 11 is 0. The van der Waals surface area contributed by atoms with Crippen LogP contribution in [0.1, 0.15) is 44.7 Å². The number of esters is 1. The molecule has 0 atom stereocenters. The van der Waals surface area contributed by atoms with E-state index in [1.54, 1.807) is 4.90 Å². The molecule has 1 heterocycles. The van der Waals surface area contributed by atoms with Crippen molar-refractivity contribution in [1.29, 1.82) is 5.26 Å². The highest BCUT2D eigenvalue weighted by atomic mass is 16.6. The lowest BCUT2D eigenvalue weighted by atomic mass is 9.73. The second-order valence-corrected chi connectivity index (χ2v) is 8.07. The van der Waals surface area contributed by atoms with E-state index in [2.05, 4.69) is 6.07 Å². The number of nitrogens with zero attached hydrogens (tertiary/aromatic N) is 2. The van der Waals surface area contributed by atoms with Crippen LogP contribution in [0.15, 0.2) is 24.3 Å². The lowest BCUT2D eigenvalue weighted by molar-refractivity contribution is -0.155. The van der Waals surface area contributed by atoms with Crippen LogP contribution in [0.2, 0.25) is 0 Å². The van der Waals surface area contributed by atoms with E-state index < -0.39 is 11.0 Å². The Morgan fingerprint density at radius 3 is 2.19 bits per heavy atom. The Morgan fingerprint density at radius 1 is 1.15 bits per heavy atom. The number of nitriles is 1. The average molecular weight is 372 g/mol. The molecule has 0 aliphatic carbocycles. The molecule has 0 saturated carbocycles. The van der Waals surface area contributed by atoms with Crippen molar-refractivity contribution in [2.24, 2.45) is 5.41 Å². The summed E-state index contributed by atoms with van der Waals surface area (Å²) < 4.78 is 10.5. The van der Waals surface area contributed by atoms with Gasteiger partial charge in [0.05, 0.1) is 25.0 Å². The fourth-order valence-electron chi connectivity index (χ4n) is 3.37. The predicted octanol–water partition coefficient (Wildman–Crippen LogP) is 3.49. The monoisotopic (exact) mass is 372 g/mol. The predicted molar refractivity (Wildman–Crippen MR) is 101 cm³/mol. The highest BCUT2D eigenvalue weighted by Crippen LogP contribution is 2.37. The van der Waals surface area contributed by atoms with E-state index in [0.717, 1.165) is 11.1 Å². The van der Waals surface area contributed by atoms with Gasteiger partial charge < -0.3 is 14.4 Å². The Balaban J connectivity index is 2.09. The van der Waals surface area contributed by atoms with Crippen LogP contribution in [0.5, 0.6) is 0 Å². The van der Waals surface area contributed by atoms with Crippen LogP contribution in [0.4, 0.5) is 4.79 Å². The quantitative estimate of drug-likeness (QED) is 0.756. The van der Waals surface area contributed by atoms with Crippen molar-refractivity contribution in [2.45, 2.75) is 52.1 Å². The van der Waals surface area contributed by atoms with Crippen molar-refractivity contribution in [3.8, 4) is 6.07 Å². The van der Waals surface area contributed by atoms with Crippen molar-refractivity contribution in [3.05, 3.63) is 35.4 Å². The maximum Gasteiger partial charge on any atom is 0.410 e. The van der Waals surface area contributed by atoms with Gasteiger partial charge in [0, 0.05) is 13.1 Å². The Kier molecular flexibility index (Phi) is 6.48. The molecule has 0 radical (unpaired) electrons. The van der Waals surface area contributed by atoms with E-state index in [9.17, 15) is 9.59 Å². The molecule has 2 rings (SSSR count). The third kappa shape index (κ3) is 5.46. The SMILES string of the molecule is COC(=O)C1(Cc2ccc(CC#N)cc2)CCN(C(=O)OC(C)(C)C)CC1. The van der Waals surface area contributed by atoms with Gasteiger partial charge in [0.15, 0.2) is 0 Å². The highest BCUT2D eigenvalue weighted by molar-refractivity contribution is 5.78. The molecular formula is C21H28N2O4. The van der Waals surface area contributed by atoms with Crippen LogP contribution in [-0.4, -0.2) is 42.8 Å². The fourth-order valence-corrected chi connectivity index (χ4v) is 3.37. The first-order chi connectivity index (χ1) is 12.7. The van der Waals surface area contributed by atoms with E-state index in [0.29, 0.717) is 38.8 Å². The summed E-state index contributed by atoms with van der Waals surface area (Å²) in [4.78, 5) is 26.5. The molecule has 0 N–H and O–H groups in total. The van der Waals surface area contributed by atoms with Gasteiger partial charge in [0.1, 0.15) is 5.60 Å². The molecule has 1 aliphatic heterocycles. The summed E-state index contributed by atoms with van der Waals surface area (Å²) in [6, 6.07) is 9.87. The minimum atomic E-state index is -0.649. The molecule has 1 aromatic rings. The summed E-state index contributed by atoms with van der Waals surface area (Å²) in [6.07, 6.45) is 1.63. The molecule has 146 valence electrons. The van der Waals surface area contributed by atoms with Gasteiger partial charge in [-0.05, 0) is 51.2 Å². The average Bonchev–Trinajstić information content (AvgIpc) is 2.62. The Morgan fingerprint density at radius 2 is 1.70 bits per heavy atom. The van der Waals surface area contributed by atoms with Crippen LogP contribution >= 0.6 is 0 Å². The van der Waals surface area contributed by atoms with Gasteiger partial charge in [-0.15, -0.1) is 0 Å². The summed E-state index contributed by atoms with van der Waals surface area (Å²) in [5, 5.41) is 8.78. The topological polar surface area (TPSA) is 79.6 Å². The zero-order valence-corrected chi connectivity index (χ0v) is 16.6. The second-order valence-electron chi connectivity index (χ2n) is 8.07. The van der Waals surface area contributed by atoms with E-state index in [1.807, 2.05) is 45.0 Å². The van der Waals surface area contributed by atoms with Gasteiger partial charge >= 0.3 is 12.1 Å². The van der Waals surface area contributed by atoms with Crippen molar-refractivity contribution in [2.75, 3.05) is 20.2 Å². The maximum absolute atomic E-state index is 12.6. The number of methoxy groups -OCH3 is 1. The third-order valence-electron chi connectivity index (χ3n) is 4.84. The standard InChI is InChI=1S/C21H28N2O4/c1-20(2,3)27-19(25)23-13-10-21(11-14-23,18(24)26-4)15-17-7-5-16(6-8-17)9-12-22/h5-8H,9-11,13-15H2,1-4H3. The van der Waals surface area contributed by atoms with Crippen LogP contribution in [0.3, 0.4) is 0 Å². The van der Waals surface area contributed by atoms with Crippen LogP contribution in [-0.2, 0) is 27.1 Å². The molecule has 1 fully saturated rings. The molecule has 0 aromatic heterocycles. The highest BCUT2D eigenvalue weighted by Gasteiger charge is 2.43. The van der Waals surface area contributed by atoms with Gasteiger partial charge in [0.2, 0.25) is 0 Å². The Labute approximate surface area is 161 Å². The van der Waals surface area contributed by atoms with Gasteiger partial charge in [0.25, 0.3) is 0 Å². The maximum atomic E-state index is 12.6. The number of carbonyl (C=O) groups is 2. The smallest absolute Gasteiger partial charge is 0.410 e. The number of ether oxygens (including phenoxy) is 2. The molecule has 0 spiro atoms. The Bertz CT molecular complexity index is 705. The van der Waals surface area contributed by atoms with E-state index in [4.69, 9.17) is 14.7 Å². The fraction of sp³-hybridized carbons (Fsp3) is 0.571. The summed E-state index contributed by atoms with van der Waals surface area (Å²) in [7, 11) is 1.40. The first kappa shape index (κ1) is 20.8. The van der Waals surface area contributed by atoms with Crippen molar-refractivity contribution in [3.63, 3.8) is 0 Å². The van der Waals surface area contributed by atoms with Gasteiger partial charge in [-0.3, -0.25) is 4.79 Å². The number of piperidine rings is 1. The third-order valence-corrected chi connectivity index (χ3v) is 4.84. The first-order valence-electron chi connectivity index (χ1n) is 9.20. The molecule has 1 saturated heterocycles. The molecule has 1 aliphatic rings. The number of benzene rings is 1. The van der Waals surface area contributed by atoms with E-state index in [1.165, 1.54) is 7.11 Å². The number of carbonyl (C=O) groups excluding carboxylic acids is 2. The molecule has 1 amide bonds. The molecule has 6 heteroatoms. The first-order valence-corrected chi connectivity index (χ1v) is 9.20. The zero-order chi connectivity index (χ0) is 20.1. The number of hydrogen-bond donors (Lipinski definition) is 0. The van der Waals surface area contributed by atoms with Crippen LogP contribution in [0.25, 0.3) is 0 Å². The minimum absolute atomic E-state index is 0.243. The van der Waals surface area contributed by atoms with Crippen molar-refractivity contribution >= 4 is 12.1 Å². The van der Waals surface area contributed by atoms with E-state index in [-0.39, 0.29) is 12.1 Å². The molecule has 0 bridgehead atoms. The Hall–Kier alpha value is -2.55.